The molecular weight excluding hydrogens is 204 g/mol. The lowest BCUT2D eigenvalue weighted by Gasteiger charge is -1.97. The summed E-state index contributed by atoms with van der Waals surface area (Å²) in [6, 6.07) is 9.68. The van der Waals surface area contributed by atoms with Gasteiger partial charge in [0.15, 0.2) is 0 Å². The molecule has 16 heavy (non-hydrogen) atoms. The topological polar surface area (TPSA) is 46.5 Å². The third-order valence-electron chi connectivity index (χ3n) is 2.68. The Morgan fingerprint density at radius 1 is 1.25 bits per heavy atom. The van der Waals surface area contributed by atoms with E-state index in [0.29, 0.717) is 0 Å². The Bertz CT molecular complexity index is 302. The second-order valence-corrected chi connectivity index (χ2v) is 3.84. The normalized spacial score (nSPS) is 15.1. The molecule has 1 aliphatic rings. The number of ether oxygens (including phenoxy) is 1. The van der Waals surface area contributed by atoms with Crippen LogP contribution >= 0.6 is 0 Å². The first-order valence-electron chi connectivity index (χ1n) is 5.56. The van der Waals surface area contributed by atoms with Crippen molar-refractivity contribution in [2.75, 3.05) is 7.11 Å². The molecule has 1 aromatic rings. The standard InChI is InChI=1S/C7H8O.C6H10O2/c1-8-7-5-3-2-4-6-7;7-6(8)5-3-1-2-4-5/h2-6H,1H3;5H,1-4H2,(H,7,8). The van der Waals surface area contributed by atoms with E-state index in [0.717, 1.165) is 31.4 Å². The van der Waals surface area contributed by atoms with Crippen molar-refractivity contribution in [1.29, 1.82) is 0 Å². The van der Waals surface area contributed by atoms with Crippen LogP contribution in [0.5, 0.6) is 5.75 Å². The van der Waals surface area contributed by atoms with Crippen molar-refractivity contribution >= 4 is 5.97 Å². The molecule has 88 valence electrons. The van der Waals surface area contributed by atoms with Crippen LogP contribution < -0.4 is 4.74 Å². The van der Waals surface area contributed by atoms with Gasteiger partial charge in [-0.15, -0.1) is 0 Å². The Hall–Kier alpha value is -1.51. The SMILES string of the molecule is COc1ccccc1.O=C(O)C1CCCC1. The number of aliphatic carboxylic acids is 1. The quantitative estimate of drug-likeness (QED) is 0.836. The van der Waals surface area contributed by atoms with Crippen molar-refractivity contribution in [2.24, 2.45) is 5.92 Å². The monoisotopic (exact) mass is 222 g/mol. The van der Waals surface area contributed by atoms with Gasteiger partial charge < -0.3 is 9.84 Å². The van der Waals surface area contributed by atoms with Crippen LogP contribution in [-0.2, 0) is 4.79 Å². The van der Waals surface area contributed by atoms with E-state index in [2.05, 4.69) is 0 Å². The molecule has 0 radical (unpaired) electrons. The molecule has 3 heteroatoms. The molecule has 1 fully saturated rings. The summed E-state index contributed by atoms with van der Waals surface area (Å²) in [6.45, 7) is 0. The van der Waals surface area contributed by atoms with E-state index in [1.165, 1.54) is 0 Å². The molecule has 0 aromatic heterocycles. The predicted molar refractivity (Wildman–Crippen MR) is 62.6 cm³/mol. The zero-order valence-corrected chi connectivity index (χ0v) is 9.56. The number of carboxylic acids is 1. The molecule has 0 bridgehead atoms. The van der Waals surface area contributed by atoms with Crippen LogP contribution in [0.1, 0.15) is 25.7 Å². The highest BCUT2D eigenvalue weighted by Crippen LogP contribution is 2.24. The lowest BCUT2D eigenvalue weighted by atomic mass is 10.1. The second kappa shape index (κ2) is 6.88. The lowest BCUT2D eigenvalue weighted by Crippen LogP contribution is -2.07. The number of benzene rings is 1. The summed E-state index contributed by atoms with van der Waals surface area (Å²) in [4.78, 5) is 10.2. The van der Waals surface area contributed by atoms with Gasteiger partial charge in [-0.1, -0.05) is 31.0 Å². The molecule has 1 aromatic carbocycles. The van der Waals surface area contributed by atoms with E-state index in [9.17, 15) is 4.79 Å². The smallest absolute Gasteiger partial charge is 0.306 e. The molecule has 0 unspecified atom stereocenters. The largest absolute Gasteiger partial charge is 0.497 e. The minimum Gasteiger partial charge on any atom is -0.497 e. The second-order valence-electron chi connectivity index (χ2n) is 3.84. The molecule has 0 spiro atoms. The molecule has 0 amide bonds. The van der Waals surface area contributed by atoms with Crippen LogP contribution in [0.4, 0.5) is 0 Å². The molecule has 0 heterocycles. The van der Waals surface area contributed by atoms with E-state index in [4.69, 9.17) is 9.84 Å². The van der Waals surface area contributed by atoms with E-state index in [1.807, 2.05) is 30.3 Å². The zero-order chi connectivity index (χ0) is 11.8. The Morgan fingerprint density at radius 2 is 1.81 bits per heavy atom. The average molecular weight is 222 g/mol. The number of para-hydroxylation sites is 1. The molecule has 2 rings (SSSR count). The van der Waals surface area contributed by atoms with Gasteiger partial charge in [-0.3, -0.25) is 4.79 Å². The van der Waals surface area contributed by atoms with Crippen molar-refractivity contribution < 1.29 is 14.6 Å². The third kappa shape index (κ3) is 4.34. The van der Waals surface area contributed by atoms with Crippen LogP contribution in [0.25, 0.3) is 0 Å². The van der Waals surface area contributed by atoms with Crippen molar-refractivity contribution in [3.05, 3.63) is 30.3 Å². The van der Waals surface area contributed by atoms with Gasteiger partial charge in [-0.05, 0) is 25.0 Å². The summed E-state index contributed by atoms with van der Waals surface area (Å²) in [5, 5.41) is 8.41. The van der Waals surface area contributed by atoms with Gasteiger partial charge in [0, 0.05) is 0 Å². The highest BCUT2D eigenvalue weighted by Gasteiger charge is 2.20. The summed E-state index contributed by atoms with van der Waals surface area (Å²) in [5.74, 6) is 0.282. The van der Waals surface area contributed by atoms with Gasteiger partial charge >= 0.3 is 5.97 Å². The van der Waals surface area contributed by atoms with Crippen molar-refractivity contribution in [2.45, 2.75) is 25.7 Å². The number of methoxy groups -OCH3 is 1. The van der Waals surface area contributed by atoms with E-state index in [1.54, 1.807) is 7.11 Å². The first-order valence-corrected chi connectivity index (χ1v) is 5.56. The Morgan fingerprint density at radius 3 is 2.12 bits per heavy atom. The lowest BCUT2D eigenvalue weighted by molar-refractivity contribution is -0.141. The zero-order valence-electron chi connectivity index (χ0n) is 9.56. The van der Waals surface area contributed by atoms with Crippen LogP contribution in [-0.4, -0.2) is 18.2 Å². The van der Waals surface area contributed by atoms with E-state index < -0.39 is 5.97 Å². The van der Waals surface area contributed by atoms with Crippen LogP contribution in [0.2, 0.25) is 0 Å². The number of hydrogen-bond donors (Lipinski definition) is 1. The Kier molecular flexibility index (Phi) is 5.40. The van der Waals surface area contributed by atoms with Gasteiger partial charge in [0.05, 0.1) is 13.0 Å². The summed E-state index contributed by atoms with van der Waals surface area (Å²) in [6.07, 6.45) is 4.01. The molecule has 1 aliphatic carbocycles. The van der Waals surface area contributed by atoms with Gasteiger partial charge in [-0.2, -0.15) is 0 Å². The Labute approximate surface area is 96.1 Å². The fraction of sp³-hybridized carbons (Fsp3) is 0.462. The maximum absolute atomic E-state index is 10.2. The first kappa shape index (κ1) is 12.6. The Balaban J connectivity index is 0.000000160. The van der Waals surface area contributed by atoms with Gasteiger partial charge in [0.2, 0.25) is 0 Å². The average Bonchev–Trinajstić information content (AvgIpc) is 2.85. The minimum atomic E-state index is -0.609. The molecule has 3 nitrogen and oxygen atoms in total. The van der Waals surface area contributed by atoms with Crippen molar-refractivity contribution in [3.8, 4) is 5.75 Å². The van der Waals surface area contributed by atoms with E-state index >= 15 is 0 Å². The molecule has 0 aliphatic heterocycles. The summed E-state index contributed by atoms with van der Waals surface area (Å²) < 4.78 is 4.91. The van der Waals surface area contributed by atoms with Gasteiger partial charge in [-0.25, -0.2) is 0 Å². The number of rotatable bonds is 2. The summed E-state index contributed by atoms with van der Waals surface area (Å²) >= 11 is 0. The number of hydrogen-bond acceptors (Lipinski definition) is 2. The molecular formula is C13H18O3. The van der Waals surface area contributed by atoms with E-state index in [-0.39, 0.29) is 5.92 Å². The van der Waals surface area contributed by atoms with Crippen LogP contribution in [0, 0.1) is 5.92 Å². The first-order chi connectivity index (χ1) is 7.74. The highest BCUT2D eigenvalue weighted by molar-refractivity contribution is 5.70. The highest BCUT2D eigenvalue weighted by atomic mass is 16.5. The maximum atomic E-state index is 10.2. The summed E-state index contributed by atoms with van der Waals surface area (Å²) in [5.41, 5.74) is 0. The maximum Gasteiger partial charge on any atom is 0.306 e. The van der Waals surface area contributed by atoms with Gasteiger partial charge in [0.1, 0.15) is 5.75 Å². The fourth-order valence-electron chi connectivity index (χ4n) is 1.73. The third-order valence-corrected chi connectivity index (χ3v) is 2.68. The molecule has 1 saturated carbocycles. The minimum absolute atomic E-state index is 0.0185. The summed E-state index contributed by atoms with van der Waals surface area (Å²) in [7, 11) is 1.66. The van der Waals surface area contributed by atoms with Crippen molar-refractivity contribution in [1.82, 2.24) is 0 Å². The fourth-order valence-corrected chi connectivity index (χ4v) is 1.73. The van der Waals surface area contributed by atoms with Crippen molar-refractivity contribution in [3.63, 3.8) is 0 Å². The predicted octanol–water partition coefficient (Wildman–Crippen LogP) is 2.96. The number of carbonyl (C=O) groups is 1. The molecule has 1 N–H and O–H groups in total. The van der Waals surface area contributed by atoms with Gasteiger partial charge in [0.25, 0.3) is 0 Å². The van der Waals surface area contributed by atoms with Crippen LogP contribution in [0.3, 0.4) is 0 Å². The van der Waals surface area contributed by atoms with Crippen LogP contribution in [0.15, 0.2) is 30.3 Å². The number of carboxylic acid groups (broad SMARTS) is 1. The molecule has 0 atom stereocenters. The molecule has 0 saturated heterocycles.